The van der Waals surface area contributed by atoms with Gasteiger partial charge in [0.2, 0.25) is 0 Å². The number of hydrogen-bond donors (Lipinski definition) is 0. The van der Waals surface area contributed by atoms with Gasteiger partial charge in [-0.1, -0.05) is 40.5 Å². The lowest BCUT2D eigenvalue weighted by Crippen LogP contribution is -1.94. The van der Waals surface area contributed by atoms with Crippen LogP contribution in [0.4, 0.5) is 0 Å². The van der Waals surface area contributed by atoms with Gasteiger partial charge in [0.25, 0.3) is 0 Å². The second kappa shape index (κ2) is 7.00. The van der Waals surface area contributed by atoms with E-state index in [1.165, 1.54) is 5.56 Å². The molecule has 0 aliphatic heterocycles. The lowest BCUT2D eigenvalue weighted by Gasteiger charge is -2.14. The lowest BCUT2D eigenvalue weighted by molar-refractivity contribution is 0.377. The molecule has 0 saturated carbocycles. The third-order valence-corrected chi connectivity index (χ3v) is 3.86. The fourth-order valence-electron chi connectivity index (χ4n) is 1.89. The third-order valence-electron chi connectivity index (χ3n) is 3.02. The molecule has 0 unspecified atom stereocenters. The Hall–Kier alpha value is -1.19. The number of alkyl halides is 1. The molecule has 0 saturated heterocycles. The Morgan fingerprint density at radius 1 is 1.05 bits per heavy atom. The highest BCUT2D eigenvalue weighted by Crippen LogP contribution is 2.35. The monoisotopic (exact) mass is 354 g/mol. The van der Waals surface area contributed by atoms with Crippen LogP contribution in [0.25, 0.3) is 0 Å². The quantitative estimate of drug-likeness (QED) is 0.650. The van der Waals surface area contributed by atoms with E-state index in [9.17, 15) is 0 Å². The van der Waals surface area contributed by atoms with Crippen LogP contribution >= 0.6 is 27.5 Å². The number of benzene rings is 2. The van der Waals surface area contributed by atoms with Gasteiger partial charge >= 0.3 is 0 Å². The van der Waals surface area contributed by atoms with Gasteiger partial charge in [0.15, 0.2) is 11.5 Å². The van der Waals surface area contributed by atoms with Gasteiger partial charge < -0.3 is 9.47 Å². The number of ether oxygens (including phenoxy) is 2. The first-order valence-corrected chi connectivity index (χ1v) is 7.87. The summed E-state index contributed by atoms with van der Waals surface area (Å²) in [6, 6.07) is 11.5. The zero-order valence-corrected chi connectivity index (χ0v) is 13.8. The highest BCUT2D eigenvalue weighted by molar-refractivity contribution is 9.08. The molecule has 2 rings (SSSR count). The number of hydrogen-bond acceptors (Lipinski definition) is 2. The van der Waals surface area contributed by atoms with Crippen LogP contribution in [-0.4, -0.2) is 7.11 Å². The fraction of sp³-hybridized carbons (Fsp3) is 0.250. The van der Waals surface area contributed by atoms with Crippen LogP contribution in [0.3, 0.4) is 0 Å². The molecule has 0 bridgehead atoms. The molecule has 106 valence electrons. The van der Waals surface area contributed by atoms with E-state index in [-0.39, 0.29) is 0 Å². The van der Waals surface area contributed by atoms with Crippen molar-refractivity contribution < 1.29 is 9.47 Å². The first kappa shape index (κ1) is 15.2. The van der Waals surface area contributed by atoms with Crippen molar-refractivity contribution >= 4 is 27.5 Å². The molecule has 0 aromatic heterocycles. The molecular weight excluding hydrogens is 340 g/mol. The van der Waals surface area contributed by atoms with Crippen LogP contribution in [0.2, 0.25) is 5.02 Å². The maximum Gasteiger partial charge on any atom is 0.169 e. The predicted molar refractivity (Wildman–Crippen MR) is 86.5 cm³/mol. The Bertz CT molecular complexity index is 599. The van der Waals surface area contributed by atoms with Gasteiger partial charge in [0, 0.05) is 15.9 Å². The maximum absolute atomic E-state index is 6.00. The smallest absolute Gasteiger partial charge is 0.169 e. The molecule has 0 heterocycles. The van der Waals surface area contributed by atoms with E-state index >= 15 is 0 Å². The minimum atomic E-state index is 0.679. The summed E-state index contributed by atoms with van der Waals surface area (Å²) in [6.07, 6.45) is 0.963. The summed E-state index contributed by atoms with van der Waals surface area (Å²) in [5.41, 5.74) is 2.21. The van der Waals surface area contributed by atoms with Crippen LogP contribution in [0.5, 0.6) is 17.2 Å². The van der Waals surface area contributed by atoms with Gasteiger partial charge in [-0.3, -0.25) is 0 Å². The van der Waals surface area contributed by atoms with Gasteiger partial charge in [0.05, 0.1) is 7.11 Å². The maximum atomic E-state index is 6.00. The molecule has 0 aliphatic carbocycles. The van der Waals surface area contributed by atoms with Crippen LogP contribution in [0, 0.1) is 0 Å². The first-order valence-electron chi connectivity index (χ1n) is 6.37. The van der Waals surface area contributed by atoms with Crippen molar-refractivity contribution in [2.75, 3.05) is 7.11 Å². The molecule has 20 heavy (non-hydrogen) atoms. The zero-order chi connectivity index (χ0) is 14.5. The lowest BCUT2D eigenvalue weighted by atomic mass is 10.1. The summed E-state index contributed by atoms with van der Waals surface area (Å²) in [7, 11) is 1.65. The minimum Gasteiger partial charge on any atom is -0.493 e. The van der Waals surface area contributed by atoms with Gasteiger partial charge in [-0.2, -0.15) is 0 Å². The molecule has 0 fully saturated rings. The second-order valence-corrected chi connectivity index (χ2v) is 5.32. The van der Waals surface area contributed by atoms with E-state index < -0.39 is 0 Å². The molecule has 0 atom stereocenters. The van der Waals surface area contributed by atoms with Crippen molar-refractivity contribution in [2.24, 2.45) is 0 Å². The molecule has 0 radical (unpaired) electrons. The van der Waals surface area contributed by atoms with E-state index in [1.54, 1.807) is 7.11 Å². The summed E-state index contributed by atoms with van der Waals surface area (Å²) in [6.45, 7) is 2.11. The number of methoxy groups -OCH3 is 1. The number of rotatable bonds is 5. The summed E-state index contributed by atoms with van der Waals surface area (Å²) in [5.74, 6) is 2.21. The Morgan fingerprint density at radius 2 is 1.80 bits per heavy atom. The summed E-state index contributed by atoms with van der Waals surface area (Å²) in [4.78, 5) is 0. The third kappa shape index (κ3) is 3.47. The van der Waals surface area contributed by atoms with Crippen LogP contribution in [0.15, 0.2) is 36.4 Å². The van der Waals surface area contributed by atoms with E-state index in [2.05, 4.69) is 22.9 Å². The molecule has 0 aliphatic rings. The van der Waals surface area contributed by atoms with E-state index in [1.807, 2.05) is 36.4 Å². The Kier molecular flexibility index (Phi) is 5.32. The van der Waals surface area contributed by atoms with Crippen molar-refractivity contribution in [3.63, 3.8) is 0 Å². The highest BCUT2D eigenvalue weighted by Gasteiger charge is 2.10. The molecular formula is C16H16BrClO2. The fourth-order valence-corrected chi connectivity index (χ4v) is 2.52. The zero-order valence-electron chi connectivity index (χ0n) is 11.5. The van der Waals surface area contributed by atoms with Gasteiger partial charge in [-0.15, -0.1) is 0 Å². The summed E-state index contributed by atoms with van der Waals surface area (Å²) >= 11 is 9.44. The Morgan fingerprint density at radius 3 is 2.45 bits per heavy atom. The standard InChI is InChI=1S/C16H16BrClO2/c1-3-11-4-6-15(16(8-11)19-2)20-14-7-5-13(18)9-12(14)10-17/h4-9H,3,10H2,1-2H3. The van der Waals surface area contributed by atoms with Crippen LogP contribution < -0.4 is 9.47 Å². The van der Waals surface area contributed by atoms with Crippen molar-refractivity contribution in [1.82, 2.24) is 0 Å². The predicted octanol–water partition coefficient (Wildman–Crippen LogP) is 5.60. The molecule has 2 nitrogen and oxygen atoms in total. The van der Waals surface area contributed by atoms with Gasteiger partial charge in [-0.25, -0.2) is 0 Å². The van der Waals surface area contributed by atoms with E-state index in [4.69, 9.17) is 21.1 Å². The van der Waals surface area contributed by atoms with Crippen molar-refractivity contribution in [1.29, 1.82) is 0 Å². The molecule has 0 spiro atoms. The minimum absolute atomic E-state index is 0.679. The molecule has 2 aromatic carbocycles. The topological polar surface area (TPSA) is 18.5 Å². The molecule has 0 N–H and O–H groups in total. The Balaban J connectivity index is 2.34. The largest absolute Gasteiger partial charge is 0.493 e. The van der Waals surface area contributed by atoms with Crippen molar-refractivity contribution in [3.05, 3.63) is 52.5 Å². The van der Waals surface area contributed by atoms with Gasteiger partial charge in [0.1, 0.15) is 5.75 Å². The molecule has 2 aromatic rings. The number of aryl methyl sites for hydroxylation is 1. The SMILES string of the molecule is CCc1ccc(Oc2ccc(Cl)cc2CBr)c(OC)c1. The molecule has 0 amide bonds. The highest BCUT2D eigenvalue weighted by atomic mass is 79.9. The second-order valence-electron chi connectivity index (χ2n) is 4.33. The average Bonchev–Trinajstić information content (AvgIpc) is 2.49. The normalized spacial score (nSPS) is 10.4. The van der Waals surface area contributed by atoms with E-state index in [0.717, 1.165) is 23.5 Å². The first-order chi connectivity index (χ1) is 9.67. The van der Waals surface area contributed by atoms with Crippen LogP contribution in [-0.2, 0) is 11.8 Å². The summed E-state index contributed by atoms with van der Waals surface area (Å²) < 4.78 is 11.4. The molecule has 4 heteroatoms. The Labute approximate surface area is 132 Å². The van der Waals surface area contributed by atoms with Crippen molar-refractivity contribution in [3.8, 4) is 17.2 Å². The van der Waals surface area contributed by atoms with Crippen LogP contribution in [0.1, 0.15) is 18.1 Å². The van der Waals surface area contributed by atoms with E-state index in [0.29, 0.717) is 16.1 Å². The average molecular weight is 356 g/mol. The summed E-state index contributed by atoms with van der Waals surface area (Å²) in [5, 5.41) is 1.37. The number of halogens is 2. The van der Waals surface area contributed by atoms with Gasteiger partial charge in [-0.05, 0) is 42.3 Å². The van der Waals surface area contributed by atoms with Crippen molar-refractivity contribution in [2.45, 2.75) is 18.7 Å².